The number of nitrogens with zero attached hydrogens (tertiary/aromatic N) is 1. The van der Waals surface area contributed by atoms with Crippen LogP contribution in [0.25, 0.3) is 0 Å². The molecule has 0 spiro atoms. The van der Waals surface area contributed by atoms with E-state index < -0.39 is 11.9 Å². The summed E-state index contributed by atoms with van der Waals surface area (Å²) in [5.74, 6) is -1.07. The van der Waals surface area contributed by atoms with Gasteiger partial charge in [0.1, 0.15) is 5.75 Å². The molecule has 2 aromatic carbocycles. The summed E-state index contributed by atoms with van der Waals surface area (Å²) in [5, 5.41) is 12.5. The van der Waals surface area contributed by atoms with E-state index in [2.05, 4.69) is 22.3 Å². The van der Waals surface area contributed by atoms with Crippen LogP contribution in [0.15, 0.2) is 54.6 Å². The number of carboxylic acid groups (broad SMARTS) is 1. The predicted octanol–water partition coefficient (Wildman–Crippen LogP) is 2.72. The maximum atomic E-state index is 12.8. The summed E-state index contributed by atoms with van der Waals surface area (Å²) >= 11 is 0. The number of amides is 1. The minimum atomic E-state index is -0.927. The minimum absolute atomic E-state index is 0.0929. The number of para-hydroxylation sites is 1. The highest BCUT2D eigenvalue weighted by Crippen LogP contribution is 2.22. The molecule has 2 N–H and O–H groups in total. The Balaban J connectivity index is 1.59. The molecule has 1 aliphatic heterocycles. The van der Waals surface area contributed by atoms with Crippen LogP contribution in [0, 0.1) is 5.92 Å². The van der Waals surface area contributed by atoms with Gasteiger partial charge in [0.05, 0.1) is 19.1 Å². The van der Waals surface area contributed by atoms with E-state index in [1.807, 2.05) is 42.5 Å². The number of carboxylic acids is 1. The number of carbonyl (C=O) groups excluding carboxylic acids is 1. The molecule has 0 aromatic heterocycles. The van der Waals surface area contributed by atoms with Gasteiger partial charge in [0.2, 0.25) is 5.91 Å². The summed E-state index contributed by atoms with van der Waals surface area (Å²) in [5.41, 5.74) is 2.00. The van der Waals surface area contributed by atoms with Gasteiger partial charge in [-0.05, 0) is 43.0 Å². The minimum Gasteiger partial charge on any atom is -0.496 e. The summed E-state index contributed by atoms with van der Waals surface area (Å²) in [4.78, 5) is 26.7. The largest absolute Gasteiger partial charge is 0.496 e. The predicted molar refractivity (Wildman–Crippen MR) is 111 cm³/mol. The lowest BCUT2D eigenvalue weighted by Crippen LogP contribution is -2.45. The van der Waals surface area contributed by atoms with Crippen molar-refractivity contribution in [2.75, 3.05) is 20.2 Å². The van der Waals surface area contributed by atoms with E-state index in [0.29, 0.717) is 12.2 Å². The molecule has 1 aliphatic rings. The van der Waals surface area contributed by atoms with Crippen molar-refractivity contribution in [2.24, 2.45) is 5.92 Å². The smallest absolute Gasteiger partial charge is 0.308 e. The molecule has 3 rings (SSSR count). The molecule has 1 fully saturated rings. The normalized spacial score (nSPS) is 17.6. The van der Waals surface area contributed by atoms with Crippen LogP contribution in [-0.2, 0) is 22.6 Å². The van der Waals surface area contributed by atoms with Crippen molar-refractivity contribution in [3.05, 3.63) is 65.7 Å². The molecule has 2 unspecified atom stereocenters. The van der Waals surface area contributed by atoms with Crippen LogP contribution in [0.2, 0.25) is 0 Å². The topological polar surface area (TPSA) is 78.9 Å². The van der Waals surface area contributed by atoms with Crippen molar-refractivity contribution in [3.63, 3.8) is 0 Å². The third-order valence-corrected chi connectivity index (χ3v) is 5.43. The summed E-state index contributed by atoms with van der Waals surface area (Å²) in [7, 11) is 1.57. The molecule has 154 valence electrons. The van der Waals surface area contributed by atoms with Crippen molar-refractivity contribution >= 4 is 11.9 Å². The number of carbonyl (C=O) groups is 2. The van der Waals surface area contributed by atoms with Crippen molar-refractivity contribution in [1.29, 1.82) is 0 Å². The standard InChI is InChI=1S/C23H28N2O4/c1-29-21-12-6-5-10-18(21)14-19(23(27)28)15-24-22(26)20-11-7-13-25(20)16-17-8-3-2-4-9-17/h2-6,8-10,12,19-20H,7,11,13-16H2,1H3,(H,24,26)(H,27,28). The Labute approximate surface area is 171 Å². The Morgan fingerprint density at radius 3 is 2.62 bits per heavy atom. The van der Waals surface area contributed by atoms with Crippen LogP contribution in [0.5, 0.6) is 5.75 Å². The average molecular weight is 396 g/mol. The molecule has 2 aromatic rings. The van der Waals surface area contributed by atoms with Gasteiger partial charge in [-0.3, -0.25) is 14.5 Å². The van der Waals surface area contributed by atoms with Crippen molar-refractivity contribution in [3.8, 4) is 5.75 Å². The highest BCUT2D eigenvalue weighted by molar-refractivity contribution is 5.82. The third kappa shape index (κ3) is 5.57. The van der Waals surface area contributed by atoms with E-state index >= 15 is 0 Å². The summed E-state index contributed by atoms with van der Waals surface area (Å²) in [6, 6.07) is 17.2. The zero-order valence-corrected chi connectivity index (χ0v) is 16.7. The molecular formula is C23H28N2O4. The monoisotopic (exact) mass is 396 g/mol. The number of likely N-dealkylation sites (tertiary alicyclic amines) is 1. The number of nitrogens with one attached hydrogen (secondary N) is 1. The Hall–Kier alpha value is -2.86. The van der Waals surface area contributed by atoms with Crippen molar-refractivity contribution in [2.45, 2.75) is 31.8 Å². The molecule has 6 nitrogen and oxygen atoms in total. The molecular weight excluding hydrogens is 368 g/mol. The number of methoxy groups -OCH3 is 1. The molecule has 1 heterocycles. The molecule has 6 heteroatoms. The van der Waals surface area contributed by atoms with Gasteiger partial charge in [0.15, 0.2) is 0 Å². The average Bonchev–Trinajstić information content (AvgIpc) is 3.19. The maximum Gasteiger partial charge on any atom is 0.308 e. The highest BCUT2D eigenvalue weighted by Gasteiger charge is 2.31. The van der Waals surface area contributed by atoms with Crippen molar-refractivity contribution < 1.29 is 19.4 Å². The van der Waals surface area contributed by atoms with Gasteiger partial charge in [-0.15, -0.1) is 0 Å². The van der Waals surface area contributed by atoms with Gasteiger partial charge in [-0.1, -0.05) is 48.5 Å². The Morgan fingerprint density at radius 2 is 1.90 bits per heavy atom. The lowest BCUT2D eigenvalue weighted by Gasteiger charge is -2.24. The van der Waals surface area contributed by atoms with Crippen LogP contribution >= 0.6 is 0 Å². The number of ether oxygens (including phenoxy) is 1. The Bertz CT molecular complexity index is 825. The number of rotatable bonds is 9. The van der Waals surface area contributed by atoms with Gasteiger partial charge in [0, 0.05) is 13.1 Å². The van der Waals surface area contributed by atoms with Crippen LogP contribution in [-0.4, -0.2) is 48.1 Å². The summed E-state index contributed by atoms with van der Waals surface area (Å²) < 4.78 is 5.32. The number of hydrogen-bond acceptors (Lipinski definition) is 4. The molecule has 0 radical (unpaired) electrons. The van der Waals surface area contributed by atoms with Crippen LogP contribution in [0.1, 0.15) is 24.0 Å². The van der Waals surface area contributed by atoms with Crippen LogP contribution in [0.4, 0.5) is 0 Å². The first-order chi connectivity index (χ1) is 14.1. The van der Waals surface area contributed by atoms with E-state index in [-0.39, 0.29) is 18.5 Å². The van der Waals surface area contributed by atoms with Crippen molar-refractivity contribution in [1.82, 2.24) is 10.2 Å². The molecule has 0 bridgehead atoms. The number of benzene rings is 2. The maximum absolute atomic E-state index is 12.8. The molecule has 1 amide bonds. The fourth-order valence-corrected chi connectivity index (χ4v) is 3.86. The quantitative estimate of drug-likeness (QED) is 0.681. The number of hydrogen-bond donors (Lipinski definition) is 2. The fourth-order valence-electron chi connectivity index (χ4n) is 3.86. The van der Waals surface area contributed by atoms with Gasteiger partial charge in [0.25, 0.3) is 0 Å². The summed E-state index contributed by atoms with van der Waals surface area (Å²) in [6.07, 6.45) is 2.06. The van der Waals surface area contributed by atoms with Crippen LogP contribution in [0.3, 0.4) is 0 Å². The van der Waals surface area contributed by atoms with E-state index in [9.17, 15) is 14.7 Å². The van der Waals surface area contributed by atoms with Gasteiger partial charge >= 0.3 is 5.97 Å². The lowest BCUT2D eigenvalue weighted by molar-refractivity contribution is -0.141. The molecule has 1 saturated heterocycles. The first-order valence-electron chi connectivity index (χ1n) is 9.99. The highest BCUT2D eigenvalue weighted by atomic mass is 16.5. The second-order valence-corrected chi connectivity index (χ2v) is 7.41. The van der Waals surface area contributed by atoms with Gasteiger partial charge < -0.3 is 15.2 Å². The number of aliphatic carboxylic acids is 1. The molecule has 0 saturated carbocycles. The molecule has 29 heavy (non-hydrogen) atoms. The third-order valence-electron chi connectivity index (χ3n) is 5.43. The first-order valence-corrected chi connectivity index (χ1v) is 9.99. The SMILES string of the molecule is COc1ccccc1CC(CNC(=O)C1CCCN1Cc1ccccc1)C(=O)O. The van der Waals surface area contributed by atoms with Gasteiger partial charge in [-0.25, -0.2) is 0 Å². The summed E-state index contributed by atoms with van der Waals surface area (Å²) in [6.45, 7) is 1.70. The zero-order valence-electron chi connectivity index (χ0n) is 16.7. The molecule has 2 atom stereocenters. The first kappa shape index (κ1) is 20.9. The van der Waals surface area contributed by atoms with E-state index in [1.165, 1.54) is 5.56 Å². The van der Waals surface area contributed by atoms with E-state index in [1.54, 1.807) is 7.11 Å². The Morgan fingerprint density at radius 1 is 1.17 bits per heavy atom. The second kappa shape index (κ2) is 10.1. The second-order valence-electron chi connectivity index (χ2n) is 7.41. The lowest BCUT2D eigenvalue weighted by atomic mass is 9.98. The fraction of sp³-hybridized carbons (Fsp3) is 0.391. The zero-order chi connectivity index (χ0) is 20.6. The van der Waals surface area contributed by atoms with E-state index in [4.69, 9.17) is 4.74 Å². The molecule has 0 aliphatic carbocycles. The van der Waals surface area contributed by atoms with Gasteiger partial charge in [-0.2, -0.15) is 0 Å². The Kier molecular flexibility index (Phi) is 7.25. The van der Waals surface area contributed by atoms with E-state index in [0.717, 1.165) is 31.5 Å². The van der Waals surface area contributed by atoms with Crippen LogP contribution < -0.4 is 10.1 Å².